The Labute approximate surface area is 185 Å². The lowest BCUT2D eigenvalue weighted by molar-refractivity contribution is 0.0696. The molecule has 0 aliphatic heterocycles. The van der Waals surface area contributed by atoms with Crippen molar-refractivity contribution in [2.75, 3.05) is 4.72 Å². The summed E-state index contributed by atoms with van der Waals surface area (Å²) < 4.78 is 28.0. The monoisotopic (exact) mass is 457 g/mol. The van der Waals surface area contributed by atoms with Crippen LogP contribution in [-0.2, 0) is 10.0 Å². The molecule has 1 fully saturated rings. The number of halogens is 1. The molecule has 2 N–H and O–H groups in total. The van der Waals surface area contributed by atoms with Crippen LogP contribution in [0.3, 0.4) is 0 Å². The Morgan fingerprint density at radius 1 is 1.13 bits per heavy atom. The van der Waals surface area contributed by atoms with Gasteiger partial charge in [-0.15, -0.1) is 0 Å². The number of nitrogens with one attached hydrogen (secondary N) is 1. The average Bonchev–Trinajstić information content (AvgIpc) is 3.56. The van der Waals surface area contributed by atoms with Crippen molar-refractivity contribution in [3.8, 4) is 11.3 Å². The smallest absolute Gasteiger partial charge is 0.335 e. The van der Waals surface area contributed by atoms with Gasteiger partial charge in [0, 0.05) is 11.1 Å². The van der Waals surface area contributed by atoms with Crippen molar-refractivity contribution in [1.82, 2.24) is 9.97 Å². The molecule has 31 heavy (non-hydrogen) atoms. The van der Waals surface area contributed by atoms with Crippen molar-refractivity contribution in [3.05, 3.63) is 69.9 Å². The molecular formula is C22H20ClN3O4S. The second-order valence-corrected chi connectivity index (χ2v) is 9.60. The molecule has 160 valence electrons. The van der Waals surface area contributed by atoms with E-state index < -0.39 is 16.0 Å². The minimum Gasteiger partial charge on any atom is -0.478 e. The van der Waals surface area contributed by atoms with Crippen LogP contribution in [0, 0.1) is 13.8 Å². The van der Waals surface area contributed by atoms with Crippen LogP contribution >= 0.6 is 11.6 Å². The number of rotatable bonds is 6. The summed E-state index contributed by atoms with van der Waals surface area (Å²) in [5, 5.41) is 9.28. The van der Waals surface area contributed by atoms with Crippen LogP contribution in [0.25, 0.3) is 11.3 Å². The number of aromatic carboxylic acids is 1. The van der Waals surface area contributed by atoms with Crippen molar-refractivity contribution in [2.45, 2.75) is 37.5 Å². The summed E-state index contributed by atoms with van der Waals surface area (Å²) in [4.78, 5) is 19.6. The third-order valence-electron chi connectivity index (χ3n) is 5.26. The van der Waals surface area contributed by atoms with Gasteiger partial charge in [0.25, 0.3) is 10.0 Å². The summed E-state index contributed by atoms with van der Waals surface area (Å²) in [7, 11) is -4.12. The molecular weight excluding hydrogens is 438 g/mol. The number of anilines is 1. The minimum atomic E-state index is -4.12. The summed E-state index contributed by atoms with van der Waals surface area (Å²) >= 11 is 6.35. The van der Waals surface area contributed by atoms with Gasteiger partial charge in [0.05, 0.1) is 16.2 Å². The number of carboxylic acid groups (broad SMARTS) is 1. The van der Waals surface area contributed by atoms with Crippen LogP contribution in [0.15, 0.2) is 47.4 Å². The summed E-state index contributed by atoms with van der Waals surface area (Å²) in [6, 6.07) is 11.1. The SMILES string of the molecule is Cc1cccc(C2CC2)c1-c1nc(NS(=O)(=O)c2cccc(C(=O)O)c2)nc(Cl)c1C. The van der Waals surface area contributed by atoms with Gasteiger partial charge < -0.3 is 5.11 Å². The van der Waals surface area contributed by atoms with E-state index in [1.165, 1.54) is 23.8 Å². The number of sulfonamides is 1. The Balaban J connectivity index is 1.78. The Morgan fingerprint density at radius 3 is 2.52 bits per heavy atom. The van der Waals surface area contributed by atoms with E-state index in [4.69, 9.17) is 16.7 Å². The van der Waals surface area contributed by atoms with E-state index in [0.717, 1.165) is 30.0 Å². The second-order valence-electron chi connectivity index (χ2n) is 7.56. The number of aromatic nitrogens is 2. The van der Waals surface area contributed by atoms with Crippen molar-refractivity contribution < 1.29 is 18.3 Å². The van der Waals surface area contributed by atoms with Crippen LogP contribution in [-0.4, -0.2) is 29.5 Å². The van der Waals surface area contributed by atoms with E-state index in [9.17, 15) is 13.2 Å². The third kappa shape index (κ3) is 4.26. The molecule has 2 aromatic carbocycles. The zero-order valence-electron chi connectivity index (χ0n) is 16.9. The van der Waals surface area contributed by atoms with Gasteiger partial charge in [0.15, 0.2) is 0 Å². The third-order valence-corrected chi connectivity index (χ3v) is 6.96. The van der Waals surface area contributed by atoms with Crippen molar-refractivity contribution in [3.63, 3.8) is 0 Å². The average molecular weight is 458 g/mol. The number of aryl methyl sites for hydroxylation is 1. The highest BCUT2D eigenvalue weighted by Gasteiger charge is 2.29. The molecule has 0 atom stereocenters. The van der Waals surface area contributed by atoms with Gasteiger partial charge >= 0.3 is 5.97 Å². The number of hydrogen-bond donors (Lipinski definition) is 2. The molecule has 1 heterocycles. The Morgan fingerprint density at radius 2 is 1.84 bits per heavy atom. The first-order chi connectivity index (χ1) is 14.7. The van der Waals surface area contributed by atoms with E-state index in [-0.39, 0.29) is 21.6 Å². The fourth-order valence-corrected chi connectivity index (χ4v) is 4.66. The normalized spacial score (nSPS) is 13.8. The molecule has 0 radical (unpaired) electrons. The van der Waals surface area contributed by atoms with Crippen LogP contribution in [0.1, 0.15) is 45.8 Å². The summed E-state index contributed by atoms with van der Waals surface area (Å²) in [5.41, 5.74) is 4.23. The maximum Gasteiger partial charge on any atom is 0.335 e. The first kappa shape index (κ1) is 21.3. The van der Waals surface area contributed by atoms with Gasteiger partial charge in [-0.05, 0) is 61.9 Å². The number of carboxylic acids is 1. The quantitative estimate of drug-likeness (QED) is 0.515. The first-order valence-corrected chi connectivity index (χ1v) is 11.5. The lowest BCUT2D eigenvalue weighted by Crippen LogP contribution is -2.16. The Bertz CT molecular complexity index is 1300. The van der Waals surface area contributed by atoms with Gasteiger partial charge in [0.1, 0.15) is 5.15 Å². The molecule has 0 unspecified atom stereocenters. The minimum absolute atomic E-state index is 0.139. The number of carbonyl (C=O) groups is 1. The largest absolute Gasteiger partial charge is 0.478 e. The van der Waals surface area contributed by atoms with Gasteiger partial charge in [-0.1, -0.05) is 35.9 Å². The predicted molar refractivity (Wildman–Crippen MR) is 118 cm³/mol. The molecule has 1 aliphatic rings. The zero-order chi connectivity index (χ0) is 22.3. The van der Waals surface area contributed by atoms with E-state index in [2.05, 4.69) is 20.8 Å². The van der Waals surface area contributed by atoms with Gasteiger partial charge in [-0.25, -0.2) is 22.9 Å². The molecule has 0 bridgehead atoms. The van der Waals surface area contributed by atoms with Gasteiger partial charge in [-0.2, -0.15) is 4.98 Å². The number of hydrogen-bond acceptors (Lipinski definition) is 5. The standard InChI is InChI=1S/C22H20ClN3O4S/c1-12-5-3-8-17(14-9-10-14)18(12)19-13(2)20(23)25-22(24-19)26-31(29,30)16-7-4-6-15(11-16)21(27)28/h3-8,11,14H,9-10H2,1-2H3,(H,27,28)(H,24,25,26). The van der Waals surface area contributed by atoms with Gasteiger partial charge in [0.2, 0.25) is 5.95 Å². The van der Waals surface area contributed by atoms with E-state index in [1.54, 1.807) is 6.92 Å². The Hall–Kier alpha value is -2.97. The number of nitrogens with zero attached hydrogens (tertiary/aromatic N) is 2. The van der Waals surface area contributed by atoms with Crippen LogP contribution in [0.5, 0.6) is 0 Å². The Kier molecular flexibility index (Phi) is 5.45. The molecule has 1 aliphatic carbocycles. The molecule has 1 aromatic heterocycles. The van der Waals surface area contributed by atoms with Crippen molar-refractivity contribution >= 4 is 33.5 Å². The summed E-state index contributed by atoms with van der Waals surface area (Å²) in [5.74, 6) is -0.931. The van der Waals surface area contributed by atoms with E-state index in [1.807, 2.05) is 19.1 Å². The molecule has 7 nitrogen and oxygen atoms in total. The maximum absolute atomic E-state index is 12.8. The van der Waals surface area contributed by atoms with Crippen LogP contribution < -0.4 is 4.72 Å². The molecule has 9 heteroatoms. The van der Waals surface area contributed by atoms with Gasteiger partial charge in [-0.3, -0.25) is 0 Å². The van der Waals surface area contributed by atoms with Crippen LogP contribution in [0.4, 0.5) is 5.95 Å². The zero-order valence-corrected chi connectivity index (χ0v) is 18.5. The first-order valence-electron chi connectivity index (χ1n) is 9.67. The topological polar surface area (TPSA) is 109 Å². The maximum atomic E-state index is 12.8. The molecule has 0 spiro atoms. The highest BCUT2D eigenvalue weighted by atomic mass is 35.5. The fourth-order valence-electron chi connectivity index (χ4n) is 3.50. The summed E-state index contributed by atoms with van der Waals surface area (Å²) in [6.07, 6.45) is 2.21. The van der Waals surface area contributed by atoms with E-state index >= 15 is 0 Å². The second kappa shape index (κ2) is 7.94. The molecule has 3 aromatic rings. The molecule has 0 saturated heterocycles. The lowest BCUT2D eigenvalue weighted by atomic mass is 9.94. The van der Waals surface area contributed by atoms with Crippen molar-refractivity contribution in [1.29, 1.82) is 0 Å². The highest BCUT2D eigenvalue weighted by molar-refractivity contribution is 7.92. The van der Waals surface area contributed by atoms with Crippen molar-refractivity contribution in [2.24, 2.45) is 0 Å². The summed E-state index contributed by atoms with van der Waals surface area (Å²) in [6.45, 7) is 3.79. The fraction of sp³-hybridized carbons (Fsp3) is 0.227. The predicted octanol–water partition coefficient (Wildman–Crippen LogP) is 4.79. The lowest BCUT2D eigenvalue weighted by Gasteiger charge is -2.16. The highest BCUT2D eigenvalue weighted by Crippen LogP contribution is 2.46. The number of benzene rings is 2. The van der Waals surface area contributed by atoms with Crippen LogP contribution in [0.2, 0.25) is 5.15 Å². The molecule has 4 rings (SSSR count). The van der Waals surface area contributed by atoms with E-state index in [0.29, 0.717) is 17.2 Å². The molecule has 1 saturated carbocycles. The molecule has 0 amide bonds.